The van der Waals surface area contributed by atoms with Crippen LogP contribution in [0.25, 0.3) is 10.8 Å². The lowest BCUT2D eigenvalue weighted by Gasteiger charge is -2.20. The molecule has 1 aliphatic rings. The maximum absolute atomic E-state index is 5.73. The molecule has 0 fully saturated rings. The van der Waals surface area contributed by atoms with E-state index in [0.717, 1.165) is 13.0 Å². The van der Waals surface area contributed by atoms with E-state index in [1.54, 1.807) is 11.1 Å². The Morgan fingerprint density at radius 3 is 2.59 bits per heavy atom. The first-order valence-corrected chi connectivity index (χ1v) is 6.62. The fraction of sp³-hybridized carbons (Fsp3) is 0.375. The molecule has 1 heteroatoms. The van der Waals surface area contributed by atoms with Gasteiger partial charge in [-0.2, -0.15) is 0 Å². The van der Waals surface area contributed by atoms with Gasteiger partial charge in [0.05, 0.1) is 0 Å². The molecule has 0 amide bonds. The molecule has 0 radical (unpaired) electrons. The van der Waals surface area contributed by atoms with Gasteiger partial charge in [0, 0.05) is 0 Å². The van der Waals surface area contributed by atoms with Crippen LogP contribution in [-0.4, -0.2) is 6.54 Å². The monoisotopic (exact) mass is 225 g/mol. The zero-order valence-electron chi connectivity index (χ0n) is 10.2. The van der Waals surface area contributed by atoms with Crippen LogP contribution in [0.2, 0.25) is 0 Å². The molecular formula is C16H19N. The Kier molecular flexibility index (Phi) is 2.86. The van der Waals surface area contributed by atoms with E-state index < -0.39 is 0 Å². The smallest absolute Gasteiger partial charge is 0.00365 e. The molecule has 17 heavy (non-hydrogen) atoms. The van der Waals surface area contributed by atoms with Gasteiger partial charge in [0.2, 0.25) is 0 Å². The van der Waals surface area contributed by atoms with Crippen molar-refractivity contribution >= 4 is 10.8 Å². The van der Waals surface area contributed by atoms with Gasteiger partial charge in [-0.1, -0.05) is 30.3 Å². The third-order valence-corrected chi connectivity index (χ3v) is 3.87. The fourth-order valence-electron chi connectivity index (χ4n) is 3.07. The number of hydrogen-bond donors (Lipinski definition) is 1. The van der Waals surface area contributed by atoms with Crippen molar-refractivity contribution in [2.75, 3.05) is 6.54 Å². The number of aryl methyl sites for hydroxylation is 2. The Morgan fingerprint density at radius 2 is 1.76 bits per heavy atom. The van der Waals surface area contributed by atoms with Gasteiger partial charge in [0.25, 0.3) is 0 Å². The van der Waals surface area contributed by atoms with Crippen molar-refractivity contribution in [3.8, 4) is 0 Å². The average Bonchev–Trinajstić information content (AvgIpc) is 2.39. The van der Waals surface area contributed by atoms with Gasteiger partial charge in [-0.25, -0.2) is 0 Å². The molecule has 0 aliphatic heterocycles. The SMILES string of the molecule is NCCc1cc2c(c3ccccc13)CCCC2. The highest BCUT2D eigenvalue weighted by Gasteiger charge is 2.14. The highest BCUT2D eigenvalue weighted by molar-refractivity contribution is 5.90. The highest BCUT2D eigenvalue weighted by Crippen LogP contribution is 2.31. The lowest BCUT2D eigenvalue weighted by Crippen LogP contribution is -2.08. The summed E-state index contributed by atoms with van der Waals surface area (Å²) in [5.41, 5.74) is 10.3. The summed E-state index contributed by atoms with van der Waals surface area (Å²) < 4.78 is 0. The second-order valence-electron chi connectivity index (χ2n) is 4.96. The van der Waals surface area contributed by atoms with Crippen molar-refractivity contribution in [1.29, 1.82) is 0 Å². The molecule has 0 bridgehead atoms. The molecule has 0 unspecified atom stereocenters. The first-order valence-electron chi connectivity index (χ1n) is 6.62. The van der Waals surface area contributed by atoms with E-state index in [1.807, 2.05) is 0 Å². The van der Waals surface area contributed by atoms with E-state index in [9.17, 15) is 0 Å². The van der Waals surface area contributed by atoms with Crippen LogP contribution in [0, 0.1) is 0 Å². The molecule has 0 spiro atoms. The molecule has 0 saturated heterocycles. The van der Waals surface area contributed by atoms with Crippen molar-refractivity contribution in [1.82, 2.24) is 0 Å². The Labute approximate surface area is 103 Å². The molecule has 1 nitrogen and oxygen atoms in total. The predicted octanol–water partition coefficient (Wildman–Crippen LogP) is 3.22. The topological polar surface area (TPSA) is 26.0 Å². The number of nitrogens with two attached hydrogens (primary N) is 1. The first-order chi connectivity index (χ1) is 8.40. The molecule has 2 aromatic rings. The molecule has 1 aliphatic carbocycles. The second kappa shape index (κ2) is 4.50. The number of hydrogen-bond acceptors (Lipinski definition) is 1. The van der Waals surface area contributed by atoms with Crippen LogP contribution < -0.4 is 5.73 Å². The quantitative estimate of drug-likeness (QED) is 0.834. The van der Waals surface area contributed by atoms with Crippen molar-refractivity contribution in [3.63, 3.8) is 0 Å². The fourth-order valence-corrected chi connectivity index (χ4v) is 3.07. The third kappa shape index (κ3) is 1.85. The molecule has 3 rings (SSSR count). The molecule has 0 atom stereocenters. The van der Waals surface area contributed by atoms with Crippen LogP contribution in [0.5, 0.6) is 0 Å². The number of benzene rings is 2. The summed E-state index contributed by atoms with van der Waals surface area (Å²) in [4.78, 5) is 0. The minimum absolute atomic E-state index is 0.739. The Hall–Kier alpha value is -1.34. The molecule has 2 N–H and O–H groups in total. The zero-order valence-corrected chi connectivity index (χ0v) is 10.2. The van der Waals surface area contributed by atoms with E-state index in [1.165, 1.54) is 42.0 Å². The summed E-state index contributed by atoms with van der Waals surface area (Å²) in [5.74, 6) is 0. The lowest BCUT2D eigenvalue weighted by atomic mass is 9.85. The maximum atomic E-state index is 5.73. The zero-order chi connectivity index (χ0) is 11.7. The van der Waals surface area contributed by atoms with Crippen LogP contribution in [0.3, 0.4) is 0 Å². The van der Waals surface area contributed by atoms with Crippen LogP contribution in [0.4, 0.5) is 0 Å². The van der Waals surface area contributed by atoms with E-state index >= 15 is 0 Å². The molecular weight excluding hydrogens is 206 g/mol. The number of fused-ring (bicyclic) bond motifs is 3. The van der Waals surface area contributed by atoms with Crippen LogP contribution in [0.15, 0.2) is 30.3 Å². The van der Waals surface area contributed by atoms with E-state index in [4.69, 9.17) is 5.73 Å². The lowest BCUT2D eigenvalue weighted by molar-refractivity contribution is 0.689. The second-order valence-corrected chi connectivity index (χ2v) is 4.96. The summed E-state index contributed by atoms with van der Waals surface area (Å²) in [7, 11) is 0. The molecule has 0 aromatic heterocycles. The first kappa shape index (κ1) is 10.8. The standard InChI is InChI=1S/C16H19N/c17-10-9-13-11-12-5-1-2-6-14(12)16-8-4-3-7-15(13)16/h3-4,7-8,11H,1-2,5-6,9-10,17H2. The molecule has 0 saturated carbocycles. The van der Waals surface area contributed by atoms with Crippen LogP contribution >= 0.6 is 0 Å². The minimum Gasteiger partial charge on any atom is -0.330 e. The predicted molar refractivity (Wildman–Crippen MR) is 73.3 cm³/mol. The highest BCUT2D eigenvalue weighted by atomic mass is 14.5. The Bertz CT molecular complexity index is 542. The van der Waals surface area contributed by atoms with Crippen LogP contribution in [-0.2, 0) is 19.3 Å². The van der Waals surface area contributed by atoms with Gasteiger partial charge in [-0.05, 0) is 66.1 Å². The van der Waals surface area contributed by atoms with Crippen molar-refractivity contribution < 1.29 is 0 Å². The largest absolute Gasteiger partial charge is 0.330 e. The van der Waals surface area contributed by atoms with Crippen molar-refractivity contribution in [2.45, 2.75) is 32.1 Å². The van der Waals surface area contributed by atoms with Gasteiger partial charge in [-0.15, -0.1) is 0 Å². The van der Waals surface area contributed by atoms with Gasteiger partial charge >= 0.3 is 0 Å². The summed E-state index contributed by atoms with van der Waals surface area (Å²) >= 11 is 0. The molecule has 2 aromatic carbocycles. The molecule has 0 heterocycles. The van der Waals surface area contributed by atoms with Gasteiger partial charge < -0.3 is 5.73 Å². The third-order valence-electron chi connectivity index (χ3n) is 3.87. The van der Waals surface area contributed by atoms with Crippen molar-refractivity contribution in [2.24, 2.45) is 5.73 Å². The average molecular weight is 225 g/mol. The number of rotatable bonds is 2. The summed E-state index contributed by atoms with van der Waals surface area (Å²) in [6.07, 6.45) is 6.17. The maximum Gasteiger partial charge on any atom is -0.00365 e. The van der Waals surface area contributed by atoms with Crippen molar-refractivity contribution in [3.05, 3.63) is 47.0 Å². The summed E-state index contributed by atoms with van der Waals surface area (Å²) in [5, 5.41) is 2.88. The van der Waals surface area contributed by atoms with E-state index in [2.05, 4.69) is 30.3 Å². The Balaban J connectivity index is 2.27. The normalized spacial score (nSPS) is 14.9. The molecule has 88 valence electrons. The van der Waals surface area contributed by atoms with Crippen LogP contribution in [0.1, 0.15) is 29.5 Å². The van der Waals surface area contributed by atoms with E-state index in [-0.39, 0.29) is 0 Å². The van der Waals surface area contributed by atoms with Gasteiger partial charge in [-0.3, -0.25) is 0 Å². The minimum atomic E-state index is 0.739. The summed E-state index contributed by atoms with van der Waals surface area (Å²) in [6, 6.07) is 11.2. The Morgan fingerprint density at radius 1 is 1.00 bits per heavy atom. The van der Waals surface area contributed by atoms with E-state index in [0.29, 0.717) is 0 Å². The van der Waals surface area contributed by atoms with Gasteiger partial charge in [0.15, 0.2) is 0 Å². The summed E-state index contributed by atoms with van der Waals surface area (Å²) in [6.45, 7) is 0.739. The van der Waals surface area contributed by atoms with Gasteiger partial charge in [0.1, 0.15) is 0 Å².